The molecular formula is C9H16N2O. The van der Waals surface area contributed by atoms with Gasteiger partial charge in [0.25, 0.3) is 0 Å². The molecule has 1 N–H and O–H groups in total. The average Bonchev–Trinajstić information content (AvgIpc) is 2.12. The molecule has 0 aliphatic heterocycles. The predicted octanol–water partition coefficient (Wildman–Crippen LogP) is 1.51. The van der Waals surface area contributed by atoms with E-state index in [1.165, 1.54) is 0 Å². The van der Waals surface area contributed by atoms with Crippen LogP contribution in [0.1, 0.15) is 27.2 Å². The second kappa shape index (κ2) is 6.58. The maximum absolute atomic E-state index is 10.2. The van der Waals surface area contributed by atoms with Gasteiger partial charge in [0.15, 0.2) is 0 Å². The predicted molar refractivity (Wildman–Crippen MR) is 51.2 cm³/mol. The Hall–Kier alpha value is -1.12. The van der Waals surface area contributed by atoms with Gasteiger partial charge in [-0.15, -0.1) is 0 Å². The first kappa shape index (κ1) is 10.9. The molecule has 0 aromatic rings. The zero-order chi connectivity index (χ0) is 9.40. The van der Waals surface area contributed by atoms with Crippen molar-refractivity contribution in [1.82, 2.24) is 5.32 Å². The minimum absolute atomic E-state index is 0.257. The Morgan fingerprint density at radius 1 is 1.67 bits per heavy atom. The van der Waals surface area contributed by atoms with Gasteiger partial charge in [-0.25, -0.2) is 0 Å². The maximum atomic E-state index is 10.2. The second-order valence-corrected chi connectivity index (χ2v) is 2.47. The molecule has 0 bridgehead atoms. The Labute approximate surface area is 73.6 Å². The van der Waals surface area contributed by atoms with Gasteiger partial charge in [-0.05, 0) is 20.3 Å². The largest absolute Gasteiger partial charge is 0.351 e. The van der Waals surface area contributed by atoms with Crippen molar-refractivity contribution in [2.24, 2.45) is 4.99 Å². The van der Waals surface area contributed by atoms with E-state index in [-0.39, 0.29) is 6.04 Å². The zero-order valence-electron chi connectivity index (χ0n) is 7.87. The van der Waals surface area contributed by atoms with Crippen LogP contribution in [0.5, 0.6) is 0 Å². The van der Waals surface area contributed by atoms with Crippen molar-refractivity contribution in [3.8, 4) is 0 Å². The topological polar surface area (TPSA) is 41.5 Å². The van der Waals surface area contributed by atoms with Crippen molar-refractivity contribution in [3.05, 3.63) is 11.8 Å². The number of nitrogens with one attached hydrogen (secondary N) is 1. The molecule has 0 amide bonds. The van der Waals surface area contributed by atoms with Gasteiger partial charge in [-0.2, -0.15) is 0 Å². The van der Waals surface area contributed by atoms with Crippen LogP contribution in [0.25, 0.3) is 0 Å². The number of carbonyl (C=O) groups excluding carboxylic acids is 1. The quantitative estimate of drug-likeness (QED) is 0.384. The van der Waals surface area contributed by atoms with E-state index in [1.54, 1.807) is 13.3 Å². The fourth-order valence-electron chi connectivity index (χ4n) is 0.662. The van der Waals surface area contributed by atoms with E-state index >= 15 is 0 Å². The Morgan fingerprint density at radius 3 is 2.75 bits per heavy atom. The van der Waals surface area contributed by atoms with E-state index < -0.39 is 0 Å². The Balaban J connectivity index is 3.80. The fraction of sp³-hybridized carbons (Fsp3) is 0.556. The third kappa shape index (κ3) is 4.66. The summed E-state index contributed by atoms with van der Waals surface area (Å²) in [6, 6.07) is -0.257. The number of carbonyl (C=O) groups is 1. The van der Waals surface area contributed by atoms with Crippen LogP contribution in [0.15, 0.2) is 16.8 Å². The molecule has 0 rings (SSSR count). The third-order valence-electron chi connectivity index (χ3n) is 1.49. The first-order valence-electron chi connectivity index (χ1n) is 4.13. The lowest BCUT2D eigenvalue weighted by molar-refractivity contribution is -0.108. The lowest BCUT2D eigenvalue weighted by Gasteiger charge is -2.01. The monoisotopic (exact) mass is 168 g/mol. The summed E-state index contributed by atoms with van der Waals surface area (Å²) < 4.78 is 0. The molecule has 0 aromatic carbocycles. The van der Waals surface area contributed by atoms with Crippen molar-refractivity contribution in [2.75, 3.05) is 0 Å². The highest BCUT2D eigenvalue weighted by Gasteiger charge is 1.91. The van der Waals surface area contributed by atoms with Gasteiger partial charge in [-0.3, -0.25) is 4.99 Å². The van der Waals surface area contributed by atoms with E-state index in [9.17, 15) is 4.79 Å². The molecule has 0 heterocycles. The molecule has 0 aromatic heterocycles. The van der Waals surface area contributed by atoms with Gasteiger partial charge in [0.05, 0.1) is 6.34 Å². The molecule has 0 spiro atoms. The molecule has 1 unspecified atom stereocenters. The third-order valence-corrected chi connectivity index (χ3v) is 1.49. The minimum atomic E-state index is -0.257. The smallest absolute Gasteiger partial charge is 0.144 e. The first-order chi connectivity index (χ1) is 5.74. The summed E-state index contributed by atoms with van der Waals surface area (Å²) in [5, 5.41) is 2.99. The molecule has 0 saturated heterocycles. The molecule has 0 radical (unpaired) electrons. The van der Waals surface area contributed by atoms with Gasteiger partial charge in [0.1, 0.15) is 12.3 Å². The van der Waals surface area contributed by atoms with Crippen molar-refractivity contribution in [1.29, 1.82) is 0 Å². The molecule has 0 aliphatic rings. The van der Waals surface area contributed by atoms with Crippen LogP contribution >= 0.6 is 0 Å². The highest BCUT2D eigenvalue weighted by atomic mass is 16.1. The van der Waals surface area contributed by atoms with E-state index in [0.29, 0.717) is 0 Å². The summed E-state index contributed by atoms with van der Waals surface area (Å²) in [5.41, 5.74) is 1.11. The van der Waals surface area contributed by atoms with Crippen LogP contribution in [0.4, 0.5) is 0 Å². The minimum Gasteiger partial charge on any atom is -0.351 e. The lowest BCUT2D eigenvalue weighted by Crippen LogP contribution is -2.12. The molecule has 1 atom stereocenters. The second-order valence-electron chi connectivity index (χ2n) is 2.47. The van der Waals surface area contributed by atoms with Crippen LogP contribution in [-0.2, 0) is 4.79 Å². The zero-order valence-corrected chi connectivity index (χ0v) is 7.87. The van der Waals surface area contributed by atoms with Gasteiger partial charge in [0.2, 0.25) is 0 Å². The molecule has 3 heteroatoms. The van der Waals surface area contributed by atoms with E-state index in [1.807, 2.05) is 13.0 Å². The standard InChI is InChI=1S/C9H16N2O/c1-4-9(5-2)11-7-10-8(3)6-12/h4,6-8H,5H2,1-3H3,(H,10,11)/b9-4+. The van der Waals surface area contributed by atoms with Gasteiger partial charge >= 0.3 is 0 Å². The normalized spacial score (nSPS) is 14.8. The number of aldehydes is 1. The van der Waals surface area contributed by atoms with Crippen LogP contribution < -0.4 is 5.32 Å². The Morgan fingerprint density at radius 2 is 2.33 bits per heavy atom. The maximum Gasteiger partial charge on any atom is 0.144 e. The number of nitrogens with zero attached hydrogens (tertiary/aromatic N) is 1. The summed E-state index contributed by atoms with van der Waals surface area (Å²) in [6.45, 7) is 5.76. The van der Waals surface area contributed by atoms with Gasteiger partial charge in [0, 0.05) is 5.70 Å². The summed E-state index contributed by atoms with van der Waals surface area (Å²) in [7, 11) is 0. The number of hydrogen-bond acceptors (Lipinski definition) is 2. The molecule has 12 heavy (non-hydrogen) atoms. The number of hydrogen-bond donors (Lipinski definition) is 1. The Bertz CT molecular complexity index is 185. The number of aliphatic imine (C=N–C) groups is 1. The van der Waals surface area contributed by atoms with Gasteiger partial charge in [-0.1, -0.05) is 13.0 Å². The van der Waals surface area contributed by atoms with Crippen molar-refractivity contribution in [3.63, 3.8) is 0 Å². The molecule has 0 aliphatic carbocycles. The summed E-state index contributed by atoms with van der Waals surface area (Å²) in [4.78, 5) is 14.1. The van der Waals surface area contributed by atoms with Gasteiger partial charge < -0.3 is 10.1 Å². The van der Waals surface area contributed by atoms with Crippen molar-refractivity contribution >= 4 is 12.6 Å². The molecular weight excluding hydrogens is 152 g/mol. The highest BCUT2D eigenvalue weighted by molar-refractivity contribution is 5.64. The summed E-state index contributed by atoms with van der Waals surface area (Å²) >= 11 is 0. The Kier molecular flexibility index (Phi) is 5.97. The molecule has 68 valence electrons. The summed E-state index contributed by atoms with van der Waals surface area (Å²) in [6.07, 6.45) is 5.30. The van der Waals surface area contributed by atoms with E-state index in [4.69, 9.17) is 0 Å². The number of rotatable bonds is 5. The fourth-order valence-corrected chi connectivity index (χ4v) is 0.662. The van der Waals surface area contributed by atoms with Crippen molar-refractivity contribution in [2.45, 2.75) is 33.2 Å². The van der Waals surface area contributed by atoms with Crippen molar-refractivity contribution < 1.29 is 4.79 Å². The highest BCUT2D eigenvalue weighted by Crippen LogP contribution is 1.92. The SMILES string of the molecule is C/C=C(\CC)NC=NC(C)C=O. The van der Waals surface area contributed by atoms with Crippen LogP contribution in [-0.4, -0.2) is 18.7 Å². The molecule has 0 saturated carbocycles. The summed E-state index contributed by atoms with van der Waals surface area (Å²) in [5.74, 6) is 0. The first-order valence-corrected chi connectivity index (χ1v) is 4.13. The van der Waals surface area contributed by atoms with E-state index in [2.05, 4.69) is 17.2 Å². The van der Waals surface area contributed by atoms with E-state index in [0.717, 1.165) is 18.4 Å². The molecule has 3 nitrogen and oxygen atoms in total. The average molecular weight is 168 g/mol. The van der Waals surface area contributed by atoms with Crippen LogP contribution in [0.2, 0.25) is 0 Å². The number of allylic oxidation sites excluding steroid dienone is 2. The molecule has 0 fully saturated rings. The van der Waals surface area contributed by atoms with Crippen LogP contribution in [0, 0.1) is 0 Å². The lowest BCUT2D eigenvalue weighted by atomic mass is 10.3. The van der Waals surface area contributed by atoms with Crippen LogP contribution in [0.3, 0.4) is 0 Å².